The van der Waals surface area contributed by atoms with Crippen LogP contribution < -0.4 is 16.2 Å². The predicted molar refractivity (Wildman–Crippen MR) is 110 cm³/mol. The van der Waals surface area contributed by atoms with E-state index in [0.717, 1.165) is 17.5 Å². The van der Waals surface area contributed by atoms with E-state index in [9.17, 15) is 4.79 Å². The number of para-hydroxylation sites is 1. The number of amides is 1. The van der Waals surface area contributed by atoms with Crippen LogP contribution in [0.5, 0.6) is 0 Å². The first-order valence-corrected chi connectivity index (χ1v) is 9.34. The average Bonchev–Trinajstić information content (AvgIpc) is 3.09. The highest BCUT2D eigenvalue weighted by Crippen LogP contribution is 2.17. The van der Waals surface area contributed by atoms with Crippen molar-refractivity contribution in [2.75, 3.05) is 5.32 Å². The van der Waals surface area contributed by atoms with Crippen LogP contribution in [0, 0.1) is 0 Å². The van der Waals surface area contributed by atoms with Crippen molar-refractivity contribution >= 4 is 39.9 Å². The molecule has 2 aromatic carbocycles. The molecule has 7 heteroatoms. The molecule has 0 unspecified atom stereocenters. The number of unbranched alkanes of at least 4 members (excludes halogenated alkanes) is 1. The number of fused-ring (bicyclic) bond motifs is 1. The highest BCUT2D eigenvalue weighted by molar-refractivity contribution is 7.80. The normalized spacial score (nSPS) is 10.6. The van der Waals surface area contributed by atoms with Crippen molar-refractivity contribution in [3.8, 4) is 0 Å². The standard InChI is InChI=1S/C20H22N4O2S/c1-2-3-6-14-9-11-15(12-10-14)21-20(27)23-22-19(25)13-17-16-7-4-5-8-18(16)26-24-17/h4-5,7-12H,2-3,6,13H2,1H3,(H,22,25)(H2,21,23,27). The zero-order valence-corrected chi connectivity index (χ0v) is 15.9. The molecular formula is C20H22N4O2S. The van der Waals surface area contributed by atoms with Crippen LogP contribution in [0.25, 0.3) is 11.0 Å². The maximum Gasteiger partial charge on any atom is 0.244 e. The second-order valence-electron chi connectivity index (χ2n) is 6.23. The number of thiocarbonyl (C=S) groups is 1. The summed E-state index contributed by atoms with van der Waals surface area (Å²) in [5.74, 6) is -0.256. The van der Waals surface area contributed by atoms with Gasteiger partial charge in [0, 0.05) is 11.1 Å². The number of nitrogens with one attached hydrogen (secondary N) is 3. The van der Waals surface area contributed by atoms with Gasteiger partial charge in [-0.15, -0.1) is 0 Å². The summed E-state index contributed by atoms with van der Waals surface area (Å²) >= 11 is 5.21. The molecule has 1 heterocycles. The van der Waals surface area contributed by atoms with Gasteiger partial charge in [-0.25, -0.2) is 0 Å². The molecule has 0 spiro atoms. The lowest BCUT2D eigenvalue weighted by Gasteiger charge is -2.11. The van der Waals surface area contributed by atoms with Gasteiger partial charge in [0.2, 0.25) is 5.91 Å². The van der Waals surface area contributed by atoms with Gasteiger partial charge in [0.25, 0.3) is 0 Å². The first-order chi connectivity index (χ1) is 13.2. The lowest BCUT2D eigenvalue weighted by atomic mass is 10.1. The Bertz CT molecular complexity index is 921. The van der Waals surface area contributed by atoms with E-state index in [-0.39, 0.29) is 12.3 Å². The fourth-order valence-corrected chi connectivity index (χ4v) is 2.86. The van der Waals surface area contributed by atoms with Gasteiger partial charge >= 0.3 is 0 Å². The minimum Gasteiger partial charge on any atom is -0.356 e. The van der Waals surface area contributed by atoms with Crippen LogP contribution in [0.4, 0.5) is 5.69 Å². The molecule has 3 N–H and O–H groups in total. The summed E-state index contributed by atoms with van der Waals surface area (Å²) in [6.07, 6.45) is 3.53. The summed E-state index contributed by atoms with van der Waals surface area (Å²) in [7, 11) is 0. The van der Waals surface area contributed by atoms with E-state index in [1.807, 2.05) is 36.4 Å². The third-order valence-corrected chi connectivity index (χ3v) is 4.33. The summed E-state index contributed by atoms with van der Waals surface area (Å²) < 4.78 is 5.20. The van der Waals surface area contributed by atoms with Crippen LogP contribution in [0.15, 0.2) is 53.1 Å². The molecule has 0 saturated heterocycles. The Morgan fingerprint density at radius 2 is 1.89 bits per heavy atom. The Labute approximate surface area is 163 Å². The van der Waals surface area contributed by atoms with Gasteiger partial charge in [-0.1, -0.05) is 42.8 Å². The molecule has 0 aliphatic heterocycles. The first-order valence-electron chi connectivity index (χ1n) is 8.94. The number of anilines is 1. The van der Waals surface area contributed by atoms with Crippen molar-refractivity contribution in [3.63, 3.8) is 0 Å². The molecule has 3 rings (SSSR count). The molecule has 1 aromatic heterocycles. The molecule has 140 valence electrons. The summed E-state index contributed by atoms with van der Waals surface area (Å²) in [5.41, 5.74) is 8.69. The number of rotatable bonds is 6. The summed E-state index contributed by atoms with van der Waals surface area (Å²) in [6.45, 7) is 2.18. The zero-order chi connectivity index (χ0) is 19.1. The second-order valence-corrected chi connectivity index (χ2v) is 6.64. The van der Waals surface area contributed by atoms with Crippen LogP contribution >= 0.6 is 12.2 Å². The van der Waals surface area contributed by atoms with Crippen molar-refractivity contribution in [1.29, 1.82) is 0 Å². The number of hydrazine groups is 1. The number of benzene rings is 2. The number of nitrogens with zero attached hydrogens (tertiary/aromatic N) is 1. The van der Waals surface area contributed by atoms with E-state index in [1.165, 1.54) is 18.4 Å². The zero-order valence-electron chi connectivity index (χ0n) is 15.1. The predicted octanol–water partition coefficient (Wildman–Crippen LogP) is 3.73. The summed E-state index contributed by atoms with van der Waals surface area (Å²) in [4.78, 5) is 12.1. The van der Waals surface area contributed by atoms with Gasteiger partial charge in [-0.05, 0) is 54.9 Å². The third kappa shape index (κ3) is 5.27. The van der Waals surface area contributed by atoms with Crippen LogP contribution in [0.1, 0.15) is 31.0 Å². The lowest BCUT2D eigenvalue weighted by Crippen LogP contribution is -2.44. The number of aromatic nitrogens is 1. The lowest BCUT2D eigenvalue weighted by molar-refractivity contribution is -0.121. The van der Waals surface area contributed by atoms with E-state index in [1.54, 1.807) is 0 Å². The van der Waals surface area contributed by atoms with Crippen LogP contribution in [0.2, 0.25) is 0 Å². The van der Waals surface area contributed by atoms with Crippen molar-refractivity contribution in [3.05, 3.63) is 59.8 Å². The quantitative estimate of drug-likeness (QED) is 0.445. The molecule has 0 radical (unpaired) electrons. The fourth-order valence-electron chi connectivity index (χ4n) is 2.69. The molecule has 0 atom stereocenters. The van der Waals surface area contributed by atoms with Crippen molar-refractivity contribution < 1.29 is 9.32 Å². The first kappa shape index (κ1) is 18.8. The molecule has 0 bridgehead atoms. The highest BCUT2D eigenvalue weighted by atomic mass is 32.1. The van der Waals surface area contributed by atoms with Crippen molar-refractivity contribution in [2.45, 2.75) is 32.6 Å². The van der Waals surface area contributed by atoms with E-state index < -0.39 is 0 Å². The van der Waals surface area contributed by atoms with Gasteiger partial charge in [0.05, 0.1) is 6.42 Å². The Morgan fingerprint density at radius 1 is 1.11 bits per heavy atom. The molecule has 0 aliphatic rings. The Kier molecular flexibility index (Phi) is 6.38. The van der Waals surface area contributed by atoms with Crippen LogP contribution in [-0.4, -0.2) is 16.2 Å². The second kappa shape index (κ2) is 9.14. The summed E-state index contributed by atoms with van der Waals surface area (Å²) in [5, 5.41) is 8.13. The topological polar surface area (TPSA) is 79.2 Å². The largest absolute Gasteiger partial charge is 0.356 e. The molecule has 0 aliphatic carbocycles. The minimum atomic E-state index is -0.256. The SMILES string of the molecule is CCCCc1ccc(NC(=S)NNC(=O)Cc2noc3ccccc23)cc1. The van der Waals surface area contributed by atoms with E-state index in [2.05, 4.69) is 40.4 Å². The Hall–Kier alpha value is -2.93. The Balaban J connectivity index is 1.46. The fraction of sp³-hybridized carbons (Fsp3) is 0.250. The molecule has 3 aromatic rings. The maximum absolute atomic E-state index is 12.1. The molecule has 27 heavy (non-hydrogen) atoms. The molecule has 0 fully saturated rings. The smallest absolute Gasteiger partial charge is 0.244 e. The number of carbonyl (C=O) groups excluding carboxylic acids is 1. The summed E-state index contributed by atoms with van der Waals surface area (Å²) in [6, 6.07) is 15.5. The monoisotopic (exact) mass is 382 g/mol. The number of hydrogen-bond donors (Lipinski definition) is 3. The molecule has 0 saturated carbocycles. The van der Waals surface area contributed by atoms with Gasteiger partial charge < -0.3 is 9.84 Å². The number of hydrogen-bond acceptors (Lipinski definition) is 4. The number of aryl methyl sites for hydroxylation is 1. The van der Waals surface area contributed by atoms with E-state index in [4.69, 9.17) is 16.7 Å². The molecule has 1 amide bonds. The van der Waals surface area contributed by atoms with Gasteiger partial charge in [0.15, 0.2) is 10.7 Å². The Morgan fingerprint density at radius 3 is 2.67 bits per heavy atom. The van der Waals surface area contributed by atoms with Gasteiger partial charge in [0.1, 0.15) is 5.69 Å². The van der Waals surface area contributed by atoms with Crippen LogP contribution in [0.3, 0.4) is 0 Å². The molecular weight excluding hydrogens is 360 g/mol. The third-order valence-electron chi connectivity index (χ3n) is 4.13. The molecule has 6 nitrogen and oxygen atoms in total. The van der Waals surface area contributed by atoms with Gasteiger partial charge in [-0.2, -0.15) is 0 Å². The van der Waals surface area contributed by atoms with Crippen molar-refractivity contribution in [1.82, 2.24) is 16.0 Å². The van der Waals surface area contributed by atoms with Crippen LogP contribution in [-0.2, 0) is 17.6 Å². The highest BCUT2D eigenvalue weighted by Gasteiger charge is 2.12. The van der Waals surface area contributed by atoms with Gasteiger partial charge in [-0.3, -0.25) is 15.6 Å². The van der Waals surface area contributed by atoms with Crippen molar-refractivity contribution in [2.24, 2.45) is 0 Å². The minimum absolute atomic E-state index is 0.0960. The van der Waals surface area contributed by atoms with E-state index in [0.29, 0.717) is 16.4 Å². The van der Waals surface area contributed by atoms with E-state index >= 15 is 0 Å². The maximum atomic E-state index is 12.1. The average molecular weight is 382 g/mol. The number of carbonyl (C=O) groups is 1.